The minimum absolute atomic E-state index is 0.173. The quantitative estimate of drug-likeness (QED) is 0.416. The molecule has 1 fully saturated rings. The first kappa shape index (κ1) is 25.4. The highest BCUT2D eigenvalue weighted by Gasteiger charge is 2.37. The smallest absolute Gasteiger partial charge is 0.320 e. The summed E-state index contributed by atoms with van der Waals surface area (Å²) in [5.41, 5.74) is 1.68. The molecule has 0 aliphatic carbocycles. The van der Waals surface area contributed by atoms with Crippen LogP contribution in [0.1, 0.15) is 42.0 Å². The molecule has 0 radical (unpaired) electrons. The summed E-state index contributed by atoms with van der Waals surface area (Å²) >= 11 is 0. The van der Waals surface area contributed by atoms with Crippen LogP contribution < -0.4 is 14.2 Å². The fourth-order valence-corrected chi connectivity index (χ4v) is 4.73. The first-order valence-corrected chi connectivity index (χ1v) is 11.8. The Morgan fingerprint density at radius 2 is 1.72 bits per heavy atom. The number of hydrogen-bond acceptors (Lipinski definition) is 5. The molecule has 2 unspecified atom stereocenters. The van der Waals surface area contributed by atoms with Crippen LogP contribution in [0.15, 0.2) is 60.7 Å². The Morgan fingerprint density at radius 3 is 2.33 bits per heavy atom. The van der Waals surface area contributed by atoms with Gasteiger partial charge in [0.05, 0.1) is 20.3 Å². The van der Waals surface area contributed by atoms with Gasteiger partial charge in [-0.3, -0.25) is 9.69 Å². The molecule has 1 N–H and O–H groups in total. The van der Waals surface area contributed by atoms with Crippen molar-refractivity contribution in [3.05, 3.63) is 89.0 Å². The predicted molar refractivity (Wildman–Crippen MR) is 131 cm³/mol. The van der Waals surface area contributed by atoms with Gasteiger partial charge < -0.3 is 19.3 Å². The van der Waals surface area contributed by atoms with Crippen molar-refractivity contribution in [3.8, 4) is 17.2 Å². The molecule has 1 heterocycles. The highest BCUT2D eigenvalue weighted by atomic mass is 19.1. The normalized spacial score (nSPS) is 16.8. The van der Waals surface area contributed by atoms with Crippen LogP contribution in [-0.4, -0.2) is 42.8 Å². The SMILES string of the molecule is COc1cc(C(c2ccc(F)cc2F)N2CCCCC2C(=O)O)cc(OC)c1OCc1ccccc1. The first-order valence-electron chi connectivity index (χ1n) is 11.8. The third-order valence-corrected chi connectivity index (χ3v) is 6.44. The van der Waals surface area contributed by atoms with E-state index in [1.54, 1.807) is 17.0 Å². The van der Waals surface area contributed by atoms with Gasteiger partial charge in [0.25, 0.3) is 0 Å². The number of rotatable bonds is 9. The van der Waals surface area contributed by atoms with Crippen molar-refractivity contribution in [3.63, 3.8) is 0 Å². The average molecular weight is 498 g/mol. The first-order chi connectivity index (χ1) is 17.4. The van der Waals surface area contributed by atoms with E-state index in [0.29, 0.717) is 35.8 Å². The molecule has 1 aliphatic rings. The average Bonchev–Trinajstić information content (AvgIpc) is 2.89. The Bertz CT molecular complexity index is 1180. The largest absolute Gasteiger partial charge is 0.493 e. The van der Waals surface area contributed by atoms with Gasteiger partial charge in [0.2, 0.25) is 5.75 Å². The number of benzene rings is 3. The number of methoxy groups -OCH3 is 2. The molecule has 2 atom stereocenters. The molecule has 36 heavy (non-hydrogen) atoms. The van der Waals surface area contributed by atoms with Gasteiger partial charge in [-0.15, -0.1) is 0 Å². The van der Waals surface area contributed by atoms with Gasteiger partial charge >= 0.3 is 5.97 Å². The predicted octanol–water partition coefficient (Wildman–Crippen LogP) is 5.59. The molecule has 6 nitrogen and oxygen atoms in total. The number of aliphatic carboxylic acids is 1. The molecule has 1 saturated heterocycles. The van der Waals surface area contributed by atoms with Crippen LogP contribution in [0.4, 0.5) is 8.78 Å². The summed E-state index contributed by atoms with van der Waals surface area (Å²) in [7, 11) is 2.98. The molecule has 1 aliphatic heterocycles. The minimum atomic E-state index is -0.982. The summed E-state index contributed by atoms with van der Waals surface area (Å²) in [5, 5.41) is 9.92. The lowest BCUT2D eigenvalue weighted by Crippen LogP contribution is -2.47. The van der Waals surface area contributed by atoms with Gasteiger partial charge in [0, 0.05) is 11.6 Å². The van der Waals surface area contributed by atoms with E-state index in [4.69, 9.17) is 14.2 Å². The van der Waals surface area contributed by atoms with E-state index in [0.717, 1.165) is 24.5 Å². The lowest BCUT2D eigenvalue weighted by atomic mass is 9.91. The Balaban J connectivity index is 1.81. The summed E-state index contributed by atoms with van der Waals surface area (Å²) < 4.78 is 46.2. The maximum Gasteiger partial charge on any atom is 0.320 e. The molecular weight excluding hydrogens is 468 g/mol. The van der Waals surface area contributed by atoms with Gasteiger partial charge in [-0.25, -0.2) is 8.78 Å². The fraction of sp³-hybridized carbons (Fsp3) is 0.321. The number of hydrogen-bond donors (Lipinski definition) is 1. The van der Waals surface area contributed by atoms with Crippen molar-refractivity contribution in [2.45, 2.75) is 38.0 Å². The van der Waals surface area contributed by atoms with Crippen molar-refractivity contribution in [1.29, 1.82) is 0 Å². The molecule has 3 aromatic carbocycles. The second-order valence-electron chi connectivity index (χ2n) is 8.68. The topological polar surface area (TPSA) is 68.2 Å². The lowest BCUT2D eigenvalue weighted by Gasteiger charge is -2.40. The Kier molecular flexibility index (Phi) is 8.05. The van der Waals surface area contributed by atoms with Crippen LogP contribution in [0.5, 0.6) is 17.2 Å². The molecule has 0 aromatic heterocycles. The van der Waals surface area contributed by atoms with Crippen LogP contribution in [-0.2, 0) is 11.4 Å². The van der Waals surface area contributed by atoms with Crippen LogP contribution in [0, 0.1) is 11.6 Å². The Hall–Kier alpha value is -3.65. The molecular formula is C28H29F2NO5. The summed E-state index contributed by atoms with van der Waals surface area (Å²) in [6, 6.07) is 14.7. The van der Waals surface area contributed by atoms with Crippen LogP contribution in [0.2, 0.25) is 0 Å². The molecule has 0 spiro atoms. The number of halogens is 2. The molecule has 8 heteroatoms. The maximum atomic E-state index is 15.1. The summed E-state index contributed by atoms with van der Waals surface area (Å²) in [5.74, 6) is -1.35. The molecule has 0 saturated carbocycles. The molecule has 4 rings (SSSR count). The van der Waals surface area contributed by atoms with E-state index in [-0.39, 0.29) is 12.2 Å². The standard InChI is InChI=1S/C28H29F2NO5/c1-34-24-14-19(15-25(35-2)27(24)36-17-18-8-4-3-5-9-18)26(21-12-11-20(29)16-22(21)30)31-13-7-6-10-23(31)28(32)33/h3-5,8-9,11-12,14-16,23,26H,6-7,10,13,17H2,1-2H3,(H,32,33). The van der Waals surface area contributed by atoms with Crippen molar-refractivity contribution in [1.82, 2.24) is 4.90 Å². The van der Waals surface area contributed by atoms with Crippen LogP contribution in [0.25, 0.3) is 0 Å². The van der Waals surface area contributed by atoms with E-state index in [9.17, 15) is 14.3 Å². The Morgan fingerprint density at radius 1 is 1.03 bits per heavy atom. The van der Waals surface area contributed by atoms with E-state index in [1.807, 2.05) is 30.3 Å². The monoisotopic (exact) mass is 497 g/mol. The van der Waals surface area contributed by atoms with E-state index < -0.39 is 29.7 Å². The highest BCUT2D eigenvalue weighted by Crippen LogP contribution is 2.44. The number of ether oxygens (including phenoxy) is 3. The van der Waals surface area contributed by atoms with Crippen molar-refractivity contribution in [2.75, 3.05) is 20.8 Å². The van der Waals surface area contributed by atoms with Gasteiger partial charge in [-0.1, -0.05) is 42.8 Å². The number of carboxylic acid groups (broad SMARTS) is 1. The van der Waals surface area contributed by atoms with E-state index >= 15 is 4.39 Å². The molecule has 0 amide bonds. The van der Waals surface area contributed by atoms with Gasteiger partial charge in [0.1, 0.15) is 24.3 Å². The van der Waals surface area contributed by atoms with E-state index in [2.05, 4.69) is 0 Å². The van der Waals surface area contributed by atoms with Crippen molar-refractivity contribution >= 4 is 5.97 Å². The highest BCUT2D eigenvalue weighted by molar-refractivity contribution is 5.74. The summed E-state index contributed by atoms with van der Waals surface area (Å²) in [4.78, 5) is 13.9. The third kappa shape index (κ3) is 5.44. The zero-order valence-corrected chi connectivity index (χ0v) is 20.2. The number of carboxylic acids is 1. The maximum absolute atomic E-state index is 15.1. The zero-order chi connectivity index (χ0) is 25.7. The fourth-order valence-electron chi connectivity index (χ4n) is 4.73. The number of likely N-dealkylation sites (tertiary alicyclic amines) is 1. The van der Waals surface area contributed by atoms with Crippen LogP contribution in [0.3, 0.4) is 0 Å². The zero-order valence-electron chi connectivity index (χ0n) is 20.2. The van der Waals surface area contributed by atoms with Gasteiger partial charge in [-0.2, -0.15) is 0 Å². The number of nitrogens with zero attached hydrogens (tertiary/aromatic N) is 1. The number of carbonyl (C=O) groups is 1. The lowest BCUT2D eigenvalue weighted by molar-refractivity contribution is -0.145. The summed E-state index contributed by atoms with van der Waals surface area (Å²) in [6.07, 6.45) is 1.95. The molecule has 0 bridgehead atoms. The second kappa shape index (κ2) is 11.4. The van der Waals surface area contributed by atoms with Crippen molar-refractivity contribution in [2.24, 2.45) is 0 Å². The second-order valence-corrected chi connectivity index (χ2v) is 8.68. The van der Waals surface area contributed by atoms with Crippen molar-refractivity contribution < 1.29 is 32.9 Å². The van der Waals surface area contributed by atoms with E-state index in [1.165, 1.54) is 26.4 Å². The summed E-state index contributed by atoms with van der Waals surface area (Å²) in [6.45, 7) is 0.714. The third-order valence-electron chi connectivity index (χ3n) is 6.44. The van der Waals surface area contributed by atoms with Crippen LogP contribution >= 0.6 is 0 Å². The Labute approximate surface area is 209 Å². The van der Waals surface area contributed by atoms with Gasteiger partial charge in [-0.05, 0) is 48.7 Å². The molecule has 3 aromatic rings. The molecule has 190 valence electrons. The van der Waals surface area contributed by atoms with Gasteiger partial charge in [0.15, 0.2) is 11.5 Å². The number of piperidine rings is 1. The minimum Gasteiger partial charge on any atom is -0.493 e.